The van der Waals surface area contributed by atoms with Crippen LogP contribution in [0.2, 0.25) is 0 Å². The van der Waals surface area contributed by atoms with Crippen LogP contribution in [-0.4, -0.2) is 30.5 Å². The lowest BCUT2D eigenvalue weighted by atomic mass is 10.0. The molecular weight excluding hydrogens is 279 g/mol. The zero-order chi connectivity index (χ0) is 15.7. The van der Waals surface area contributed by atoms with Gasteiger partial charge >= 0.3 is 12.0 Å². The number of rotatable bonds is 8. The Morgan fingerprint density at radius 2 is 2.00 bits per heavy atom. The van der Waals surface area contributed by atoms with Crippen molar-refractivity contribution in [3.05, 3.63) is 24.3 Å². The molecule has 1 aromatic carbocycles. The fraction of sp³-hybridized carbons (Fsp3) is 0.429. The van der Waals surface area contributed by atoms with Crippen molar-refractivity contribution in [2.75, 3.05) is 18.7 Å². The Balaban J connectivity index is 2.34. The van der Waals surface area contributed by atoms with Crippen molar-refractivity contribution in [3.63, 3.8) is 0 Å². The van der Waals surface area contributed by atoms with Crippen molar-refractivity contribution in [2.24, 2.45) is 5.92 Å². The number of hydrogen-bond acceptors (Lipinski definition) is 3. The lowest BCUT2D eigenvalue weighted by molar-refractivity contribution is -0.142. The van der Waals surface area contributed by atoms with Gasteiger partial charge in [0.1, 0.15) is 5.75 Å². The highest BCUT2D eigenvalue weighted by molar-refractivity contribution is 5.89. The number of anilines is 1. The van der Waals surface area contributed by atoms with Gasteiger partial charge < -0.3 is 20.5 Å². The molecule has 0 radical (unpaired) electrons. The van der Waals surface area contributed by atoms with Crippen LogP contribution in [0.15, 0.2) is 24.3 Å². The molecule has 0 heterocycles. The number of amides is 2. The molecule has 116 valence electrons. The zero-order valence-corrected chi connectivity index (χ0v) is 11.8. The van der Waals surface area contributed by atoms with Gasteiger partial charge in [-0.25, -0.2) is 9.18 Å². The van der Waals surface area contributed by atoms with Crippen LogP contribution < -0.4 is 15.4 Å². The summed E-state index contributed by atoms with van der Waals surface area (Å²) in [5.74, 6) is -0.943. The van der Waals surface area contributed by atoms with Crippen LogP contribution in [0.25, 0.3) is 0 Å². The summed E-state index contributed by atoms with van der Waals surface area (Å²) in [6, 6.07) is 5.81. The number of carboxylic acid groups (broad SMARTS) is 1. The monoisotopic (exact) mass is 298 g/mol. The number of carbonyl (C=O) groups excluding carboxylic acids is 1. The van der Waals surface area contributed by atoms with E-state index in [-0.39, 0.29) is 6.54 Å². The molecular formula is C14H19FN2O4. The maximum Gasteiger partial charge on any atom is 0.319 e. The maximum absolute atomic E-state index is 11.9. The molecule has 2 amide bonds. The molecule has 0 saturated heterocycles. The van der Waals surface area contributed by atoms with Gasteiger partial charge in [0, 0.05) is 12.2 Å². The molecule has 0 spiro atoms. The van der Waals surface area contributed by atoms with Crippen LogP contribution >= 0.6 is 0 Å². The standard InChI is InChI=1S/C14H19FN2O4/c1-2-10(13(18)19)7-8-16-14(20)17-11-3-5-12(6-4-11)21-9-15/h3-6,10H,2,7-9H2,1H3,(H,18,19)(H2,16,17,20). The molecule has 0 saturated carbocycles. The quantitative estimate of drug-likeness (QED) is 0.688. The molecule has 3 N–H and O–H groups in total. The van der Waals surface area contributed by atoms with E-state index < -0.39 is 24.8 Å². The van der Waals surface area contributed by atoms with Gasteiger partial charge in [0.25, 0.3) is 0 Å². The van der Waals surface area contributed by atoms with Gasteiger partial charge in [-0.3, -0.25) is 4.79 Å². The average Bonchev–Trinajstić information content (AvgIpc) is 2.45. The van der Waals surface area contributed by atoms with Gasteiger partial charge in [0.15, 0.2) is 0 Å². The van der Waals surface area contributed by atoms with E-state index in [1.54, 1.807) is 19.1 Å². The lowest BCUT2D eigenvalue weighted by Crippen LogP contribution is -2.31. The average molecular weight is 298 g/mol. The number of carbonyl (C=O) groups is 2. The normalized spacial score (nSPS) is 11.5. The summed E-state index contributed by atoms with van der Waals surface area (Å²) in [5.41, 5.74) is 0.531. The molecule has 0 aliphatic rings. The van der Waals surface area contributed by atoms with Crippen molar-refractivity contribution in [2.45, 2.75) is 19.8 Å². The van der Waals surface area contributed by atoms with Crippen LogP contribution in [0, 0.1) is 5.92 Å². The first-order chi connectivity index (χ1) is 10.1. The molecule has 6 nitrogen and oxygen atoms in total. The first-order valence-electron chi connectivity index (χ1n) is 6.63. The molecule has 1 rings (SSSR count). The van der Waals surface area contributed by atoms with Gasteiger partial charge in [0.2, 0.25) is 6.86 Å². The molecule has 1 atom stereocenters. The summed E-state index contributed by atoms with van der Waals surface area (Å²) < 4.78 is 16.6. The van der Waals surface area contributed by atoms with E-state index in [4.69, 9.17) is 5.11 Å². The van der Waals surface area contributed by atoms with Crippen molar-refractivity contribution in [1.29, 1.82) is 0 Å². The third kappa shape index (κ3) is 6.11. The zero-order valence-electron chi connectivity index (χ0n) is 11.8. The van der Waals surface area contributed by atoms with Crippen LogP contribution in [0.4, 0.5) is 14.9 Å². The number of aliphatic carboxylic acids is 1. The summed E-state index contributed by atoms with van der Waals surface area (Å²) in [4.78, 5) is 22.4. The summed E-state index contributed by atoms with van der Waals surface area (Å²) in [6.07, 6.45) is 0.900. The summed E-state index contributed by atoms with van der Waals surface area (Å²) in [6.45, 7) is 1.16. The molecule has 0 aliphatic carbocycles. The van der Waals surface area contributed by atoms with E-state index in [1.807, 2.05) is 0 Å². The Bertz CT molecular complexity index is 465. The van der Waals surface area contributed by atoms with E-state index in [2.05, 4.69) is 15.4 Å². The fourth-order valence-electron chi connectivity index (χ4n) is 1.73. The van der Waals surface area contributed by atoms with E-state index >= 15 is 0 Å². The summed E-state index contributed by atoms with van der Waals surface area (Å²) in [7, 11) is 0. The highest BCUT2D eigenvalue weighted by atomic mass is 19.1. The molecule has 0 aromatic heterocycles. The molecule has 0 bridgehead atoms. The maximum atomic E-state index is 11.9. The number of halogens is 1. The number of carboxylic acids is 1. The predicted octanol–water partition coefficient (Wildman–Crippen LogP) is 2.61. The van der Waals surface area contributed by atoms with Crippen LogP contribution in [-0.2, 0) is 4.79 Å². The van der Waals surface area contributed by atoms with Crippen molar-refractivity contribution in [3.8, 4) is 5.75 Å². The summed E-state index contributed by atoms with van der Waals surface area (Å²) >= 11 is 0. The molecule has 0 aliphatic heterocycles. The number of hydrogen-bond donors (Lipinski definition) is 3. The second-order valence-electron chi connectivity index (χ2n) is 4.39. The second-order valence-corrected chi connectivity index (χ2v) is 4.39. The Labute approximate surface area is 122 Å². The van der Waals surface area contributed by atoms with Gasteiger partial charge in [-0.15, -0.1) is 0 Å². The number of urea groups is 1. The smallest absolute Gasteiger partial charge is 0.319 e. The Hall–Kier alpha value is -2.31. The van der Waals surface area contributed by atoms with Gasteiger partial charge in [-0.05, 0) is 37.1 Å². The SMILES string of the molecule is CCC(CCNC(=O)Nc1ccc(OCF)cc1)C(=O)O. The minimum atomic E-state index is -0.907. The van der Waals surface area contributed by atoms with E-state index in [0.29, 0.717) is 24.3 Å². The highest BCUT2D eigenvalue weighted by Gasteiger charge is 2.14. The van der Waals surface area contributed by atoms with E-state index in [1.165, 1.54) is 12.1 Å². The Kier molecular flexibility index (Phi) is 7.00. The highest BCUT2D eigenvalue weighted by Crippen LogP contribution is 2.15. The molecule has 1 aromatic rings. The van der Waals surface area contributed by atoms with Crippen molar-refractivity contribution < 1.29 is 23.8 Å². The first-order valence-corrected chi connectivity index (χ1v) is 6.63. The number of benzene rings is 1. The van der Waals surface area contributed by atoms with E-state index in [0.717, 1.165) is 0 Å². The third-order valence-corrected chi connectivity index (χ3v) is 2.95. The molecule has 21 heavy (non-hydrogen) atoms. The van der Waals surface area contributed by atoms with E-state index in [9.17, 15) is 14.0 Å². The van der Waals surface area contributed by atoms with Crippen molar-refractivity contribution in [1.82, 2.24) is 5.32 Å². The van der Waals surface area contributed by atoms with Gasteiger partial charge in [0.05, 0.1) is 5.92 Å². The van der Waals surface area contributed by atoms with Crippen LogP contribution in [0.3, 0.4) is 0 Å². The summed E-state index contributed by atoms with van der Waals surface area (Å²) in [5, 5.41) is 14.0. The second kappa shape index (κ2) is 8.78. The predicted molar refractivity (Wildman–Crippen MR) is 76.1 cm³/mol. The van der Waals surface area contributed by atoms with Gasteiger partial charge in [-0.2, -0.15) is 0 Å². The molecule has 1 unspecified atom stereocenters. The molecule has 0 fully saturated rings. The third-order valence-electron chi connectivity index (χ3n) is 2.95. The van der Waals surface area contributed by atoms with Crippen LogP contribution in [0.5, 0.6) is 5.75 Å². The van der Waals surface area contributed by atoms with Crippen LogP contribution in [0.1, 0.15) is 19.8 Å². The first kappa shape index (κ1) is 16.7. The number of ether oxygens (including phenoxy) is 1. The minimum Gasteiger partial charge on any atom is -0.481 e. The van der Waals surface area contributed by atoms with Crippen molar-refractivity contribution >= 4 is 17.7 Å². The van der Waals surface area contributed by atoms with Gasteiger partial charge in [-0.1, -0.05) is 6.92 Å². The number of nitrogens with one attached hydrogen (secondary N) is 2. The largest absolute Gasteiger partial charge is 0.481 e. The topological polar surface area (TPSA) is 87.7 Å². The molecule has 7 heteroatoms. The Morgan fingerprint density at radius 1 is 1.33 bits per heavy atom. The minimum absolute atomic E-state index is 0.277. The fourth-order valence-corrected chi connectivity index (χ4v) is 1.73. The lowest BCUT2D eigenvalue weighted by Gasteiger charge is -2.11. The Morgan fingerprint density at radius 3 is 2.52 bits per heavy atom. The number of alkyl halides is 1.